The van der Waals surface area contributed by atoms with Gasteiger partial charge in [-0.3, -0.25) is 0 Å². The molecule has 0 radical (unpaired) electrons. The van der Waals surface area contributed by atoms with E-state index in [0.717, 1.165) is 0 Å². The Bertz CT molecular complexity index is 752. The minimum Gasteiger partial charge on any atom is -0.497 e. The predicted octanol–water partition coefficient (Wildman–Crippen LogP) is 3.13. The standard InChI is InChI=1S/C15H11ClO3S/c1-19-14-6-2-12(3-7-14)10-11-20(17,18)15-8-4-13(16)5-9-15/h2-9H,1H3. The molecule has 0 atom stereocenters. The van der Waals surface area contributed by atoms with E-state index >= 15 is 0 Å². The maximum Gasteiger partial charge on any atom is 0.245 e. The number of hydrogen-bond acceptors (Lipinski definition) is 3. The van der Waals surface area contributed by atoms with Crippen molar-refractivity contribution in [2.75, 3.05) is 7.11 Å². The first-order valence-corrected chi connectivity index (χ1v) is 7.55. The lowest BCUT2D eigenvalue weighted by Crippen LogP contribution is -1.96. The van der Waals surface area contributed by atoms with Gasteiger partial charge in [0.25, 0.3) is 0 Å². The summed E-state index contributed by atoms with van der Waals surface area (Å²) in [6.45, 7) is 0. The highest BCUT2D eigenvalue weighted by Gasteiger charge is 2.09. The summed E-state index contributed by atoms with van der Waals surface area (Å²) in [6.07, 6.45) is 0. The Labute approximate surface area is 123 Å². The van der Waals surface area contributed by atoms with Gasteiger partial charge in [-0.1, -0.05) is 11.6 Å². The number of rotatable bonds is 2. The van der Waals surface area contributed by atoms with Crippen LogP contribution in [0.4, 0.5) is 0 Å². The molecule has 0 N–H and O–H groups in total. The summed E-state index contributed by atoms with van der Waals surface area (Å²) >= 11 is 5.72. The van der Waals surface area contributed by atoms with E-state index in [-0.39, 0.29) is 4.90 Å². The second kappa shape index (κ2) is 6.00. The summed E-state index contributed by atoms with van der Waals surface area (Å²) < 4.78 is 29.0. The van der Waals surface area contributed by atoms with Crippen LogP contribution in [0.5, 0.6) is 5.75 Å². The highest BCUT2D eigenvalue weighted by atomic mass is 35.5. The van der Waals surface area contributed by atoms with Gasteiger partial charge in [0.05, 0.1) is 12.0 Å². The molecule has 0 aliphatic heterocycles. The number of methoxy groups -OCH3 is 1. The smallest absolute Gasteiger partial charge is 0.245 e. The van der Waals surface area contributed by atoms with Crippen molar-refractivity contribution in [2.24, 2.45) is 0 Å². The minimum absolute atomic E-state index is 0.128. The molecule has 0 fully saturated rings. The van der Waals surface area contributed by atoms with Gasteiger partial charge in [0, 0.05) is 15.8 Å². The first kappa shape index (κ1) is 14.4. The Kier molecular flexibility index (Phi) is 4.33. The Balaban J connectivity index is 2.28. The van der Waals surface area contributed by atoms with Gasteiger partial charge < -0.3 is 4.74 Å². The molecule has 0 amide bonds. The molecule has 0 saturated carbocycles. The lowest BCUT2D eigenvalue weighted by atomic mass is 10.2. The van der Waals surface area contributed by atoms with Gasteiger partial charge in [0.15, 0.2) is 0 Å². The van der Waals surface area contributed by atoms with E-state index in [0.29, 0.717) is 16.3 Å². The van der Waals surface area contributed by atoms with Crippen molar-refractivity contribution < 1.29 is 13.2 Å². The maximum absolute atomic E-state index is 12.0. The van der Waals surface area contributed by atoms with E-state index in [1.807, 2.05) is 0 Å². The molecule has 0 saturated heterocycles. The van der Waals surface area contributed by atoms with Gasteiger partial charge in [-0.15, -0.1) is 0 Å². The molecule has 0 spiro atoms. The van der Waals surface area contributed by atoms with Gasteiger partial charge in [0.2, 0.25) is 9.84 Å². The molecular weight excluding hydrogens is 296 g/mol. The van der Waals surface area contributed by atoms with E-state index < -0.39 is 9.84 Å². The van der Waals surface area contributed by atoms with Gasteiger partial charge in [-0.2, -0.15) is 0 Å². The normalized spacial score (nSPS) is 10.5. The maximum atomic E-state index is 12.0. The Hall–Kier alpha value is -1.96. The summed E-state index contributed by atoms with van der Waals surface area (Å²) in [6, 6.07) is 12.7. The van der Waals surface area contributed by atoms with E-state index in [9.17, 15) is 8.42 Å². The van der Waals surface area contributed by atoms with Crippen LogP contribution in [-0.2, 0) is 9.84 Å². The number of sulfone groups is 1. The fraction of sp³-hybridized carbons (Fsp3) is 0.0667. The summed E-state index contributed by atoms with van der Waals surface area (Å²) in [5, 5.41) is 2.77. The van der Waals surface area contributed by atoms with Crippen LogP contribution >= 0.6 is 11.6 Å². The minimum atomic E-state index is -3.64. The molecule has 2 aromatic carbocycles. The van der Waals surface area contributed by atoms with E-state index in [2.05, 4.69) is 11.2 Å². The number of halogens is 1. The molecule has 0 bridgehead atoms. The van der Waals surface area contributed by atoms with E-state index in [4.69, 9.17) is 16.3 Å². The molecule has 20 heavy (non-hydrogen) atoms. The zero-order valence-corrected chi connectivity index (χ0v) is 12.2. The van der Waals surface area contributed by atoms with Crippen molar-refractivity contribution >= 4 is 21.4 Å². The predicted molar refractivity (Wildman–Crippen MR) is 78.5 cm³/mol. The van der Waals surface area contributed by atoms with Gasteiger partial charge in [0.1, 0.15) is 5.75 Å². The van der Waals surface area contributed by atoms with Crippen molar-refractivity contribution in [3.05, 3.63) is 59.1 Å². The lowest BCUT2D eigenvalue weighted by molar-refractivity contribution is 0.415. The fourth-order valence-electron chi connectivity index (χ4n) is 1.47. The first-order valence-electron chi connectivity index (χ1n) is 5.69. The van der Waals surface area contributed by atoms with Crippen LogP contribution in [0.15, 0.2) is 53.4 Å². The number of hydrogen-bond donors (Lipinski definition) is 0. The SMILES string of the molecule is COc1ccc(C#CS(=O)(=O)c2ccc(Cl)cc2)cc1. The van der Waals surface area contributed by atoms with Crippen molar-refractivity contribution in [1.82, 2.24) is 0 Å². The lowest BCUT2D eigenvalue weighted by Gasteiger charge is -1.98. The second-order valence-electron chi connectivity index (χ2n) is 3.91. The third kappa shape index (κ3) is 3.53. The van der Waals surface area contributed by atoms with Crippen LogP contribution in [0, 0.1) is 11.2 Å². The van der Waals surface area contributed by atoms with Crippen molar-refractivity contribution in [3.8, 4) is 16.9 Å². The van der Waals surface area contributed by atoms with Crippen LogP contribution in [0.2, 0.25) is 5.02 Å². The van der Waals surface area contributed by atoms with Gasteiger partial charge in [-0.05, 0) is 54.5 Å². The average molecular weight is 307 g/mol. The quantitative estimate of drug-likeness (QED) is 0.801. The van der Waals surface area contributed by atoms with Crippen LogP contribution in [0.3, 0.4) is 0 Å². The first-order chi connectivity index (χ1) is 9.51. The third-order valence-electron chi connectivity index (χ3n) is 2.54. The molecule has 5 heteroatoms. The van der Waals surface area contributed by atoms with Crippen molar-refractivity contribution in [3.63, 3.8) is 0 Å². The average Bonchev–Trinajstić information content (AvgIpc) is 2.46. The van der Waals surface area contributed by atoms with Crippen LogP contribution in [0.1, 0.15) is 5.56 Å². The summed E-state index contributed by atoms with van der Waals surface area (Å²) in [5.41, 5.74) is 0.600. The van der Waals surface area contributed by atoms with Crippen molar-refractivity contribution in [2.45, 2.75) is 4.90 Å². The van der Waals surface area contributed by atoms with Crippen molar-refractivity contribution in [1.29, 1.82) is 0 Å². The molecule has 3 nitrogen and oxygen atoms in total. The molecule has 0 aliphatic rings. The topological polar surface area (TPSA) is 43.4 Å². The largest absolute Gasteiger partial charge is 0.497 e. The molecule has 2 aromatic rings. The monoisotopic (exact) mass is 306 g/mol. The highest BCUT2D eigenvalue weighted by molar-refractivity contribution is 7.96. The zero-order chi connectivity index (χ0) is 14.6. The summed E-state index contributed by atoms with van der Waals surface area (Å²) in [7, 11) is -2.08. The van der Waals surface area contributed by atoms with Gasteiger partial charge >= 0.3 is 0 Å². The zero-order valence-electron chi connectivity index (χ0n) is 10.6. The molecule has 0 heterocycles. The third-order valence-corrected chi connectivity index (χ3v) is 4.06. The number of ether oxygens (including phenoxy) is 1. The van der Waals surface area contributed by atoms with Crippen LogP contribution < -0.4 is 4.74 Å². The van der Waals surface area contributed by atoms with E-state index in [1.54, 1.807) is 31.4 Å². The Morgan fingerprint density at radius 3 is 2.15 bits per heavy atom. The molecule has 0 aromatic heterocycles. The molecular formula is C15H11ClO3S. The molecule has 102 valence electrons. The molecule has 0 aliphatic carbocycles. The van der Waals surface area contributed by atoms with Crippen LogP contribution in [0.25, 0.3) is 0 Å². The fourth-order valence-corrected chi connectivity index (χ4v) is 2.46. The highest BCUT2D eigenvalue weighted by Crippen LogP contribution is 2.15. The van der Waals surface area contributed by atoms with Crippen LogP contribution in [-0.4, -0.2) is 15.5 Å². The molecule has 0 unspecified atom stereocenters. The Morgan fingerprint density at radius 2 is 1.60 bits per heavy atom. The Morgan fingerprint density at radius 1 is 1.00 bits per heavy atom. The number of benzene rings is 2. The second-order valence-corrected chi connectivity index (χ2v) is 6.03. The summed E-state index contributed by atoms with van der Waals surface area (Å²) in [4.78, 5) is 0.128. The van der Waals surface area contributed by atoms with E-state index in [1.165, 1.54) is 24.3 Å². The molecule has 2 rings (SSSR count). The summed E-state index contributed by atoms with van der Waals surface area (Å²) in [5.74, 6) is 3.31. The van der Waals surface area contributed by atoms with Gasteiger partial charge in [-0.25, -0.2) is 8.42 Å².